The molecule has 2 N–H and O–H groups in total. The number of carbonyl (C=O) groups is 3. The number of hydrogen-bond donors (Lipinski definition) is 2. The zero-order valence-corrected chi connectivity index (χ0v) is 11.5. The van der Waals surface area contributed by atoms with Crippen LogP contribution in [0.5, 0.6) is 0 Å². The van der Waals surface area contributed by atoms with Gasteiger partial charge in [0.15, 0.2) is 0 Å². The molecule has 0 unspecified atom stereocenters. The average Bonchev–Trinajstić information content (AvgIpc) is 1.76. The van der Waals surface area contributed by atoms with E-state index in [9.17, 15) is 0 Å². The van der Waals surface area contributed by atoms with Crippen LogP contribution in [0, 0.1) is 0 Å². The van der Waals surface area contributed by atoms with Gasteiger partial charge < -0.3 is 39.5 Å². The molecule has 0 fully saturated rings. The summed E-state index contributed by atoms with van der Waals surface area (Å²) in [7, 11) is -3.13. The van der Waals surface area contributed by atoms with Crippen molar-refractivity contribution in [1.82, 2.24) is 0 Å². The van der Waals surface area contributed by atoms with Crippen molar-refractivity contribution in [1.29, 1.82) is 0 Å². The van der Waals surface area contributed by atoms with Gasteiger partial charge in [0.1, 0.15) is 0 Å². The minimum Gasteiger partial charge on any atom is -0.550 e. The first kappa shape index (κ1) is 29.8. The van der Waals surface area contributed by atoms with Crippen LogP contribution in [-0.2, 0) is 18.9 Å². The van der Waals surface area contributed by atoms with Crippen LogP contribution in [0.2, 0.25) is 0 Å². The fourth-order valence-electron chi connectivity index (χ4n) is 0. The molecule has 0 atom stereocenters. The Balaban J connectivity index is -0.0000000369. The number of aliphatic carboxylic acids is 3. The van der Waals surface area contributed by atoms with Crippen molar-refractivity contribution in [3.05, 3.63) is 0 Å². The Bertz CT molecular complexity index is 166. The molecule has 9 nitrogen and oxygen atoms in total. The number of carboxylic acid groups (broad SMARTS) is 3. The topological polar surface area (TPSA) is 178 Å². The maximum absolute atomic E-state index is 8.89. The third kappa shape index (κ3) is 3140. The second kappa shape index (κ2) is 24.4. The molecular formula is C6H12AlO9P. The van der Waals surface area contributed by atoms with E-state index in [2.05, 4.69) is 0 Å². The van der Waals surface area contributed by atoms with Crippen molar-refractivity contribution in [3.63, 3.8) is 0 Å². The third-order valence-corrected chi connectivity index (χ3v) is 0. The fourth-order valence-corrected chi connectivity index (χ4v) is 0. The predicted molar refractivity (Wildman–Crippen MR) is 51.2 cm³/mol. The quantitative estimate of drug-likeness (QED) is 0.326. The van der Waals surface area contributed by atoms with E-state index < -0.39 is 26.2 Å². The van der Waals surface area contributed by atoms with Gasteiger partial charge in [-0.1, -0.05) is 0 Å². The van der Waals surface area contributed by atoms with E-state index in [0.29, 0.717) is 0 Å². The van der Waals surface area contributed by atoms with Crippen LogP contribution in [0.1, 0.15) is 20.8 Å². The normalized spacial score (nSPS) is 6.47. The molecule has 0 rings (SSSR count). The summed E-state index contributed by atoms with van der Waals surface area (Å²) in [6.07, 6.45) is 0. The van der Waals surface area contributed by atoms with Gasteiger partial charge in [-0.3, -0.25) is 4.57 Å². The maximum atomic E-state index is 8.89. The minimum atomic E-state index is -3.13. The smallest absolute Gasteiger partial charge is 0.550 e. The summed E-state index contributed by atoms with van der Waals surface area (Å²) in [5, 5.41) is 26.7. The van der Waals surface area contributed by atoms with Crippen molar-refractivity contribution in [3.8, 4) is 0 Å². The number of carbonyl (C=O) groups excluding carboxylic acids is 3. The number of hydrogen-bond acceptors (Lipinski definition) is 7. The van der Waals surface area contributed by atoms with E-state index in [1.54, 1.807) is 0 Å². The first-order valence-corrected chi connectivity index (χ1v) is 4.68. The second-order valence-electron chi connectivity index (χ2n) is 1.76. The molecule has 0 saturated heterocycles. The van der Waals surface area contributed by atoms with Gasteiger partial charge in [0.25, 0.3) is 0 Å². The zero-order chi connectivity index (χ0) is 14.3. The molecule has 0 aromatic heterocycles. The molecule has 17 heavy (non-hydrogen) atoms. The molecule has 0 aliphatic rings. The molecule has 11 heteroatoms. The van der Waals surface area contributed by atoms with E-state index in [0.717, 1.165) is 20.8 Å². The Kier molecular flexibility index (Phi) is 42.7. The summed E-state index contributed by atoms with van der Waals surface area (Å²) < 4.78 is 8.74. The molecular weight excluding hydrogens is 274 g/mol. The molecule has 0 saturated carbocycles. The van der Waals surface area contributed by atoms with Crippen molar-refractivity contribution in [2.24, 2.45) is 0 Å². The summed E-state index contributed by atoms with van der Waals surface area (Å²) >= 11 is 0. The van der Waals surface area contributed by atoms with Crippen molar-refractivity contribution in [2.75, 3.05) is 0 Å². The number of carboxylic acids is 3. The fraction of sp³-hybridized carbons (Fsp3) is 0.500. The van der Waals surface area contributed by atoms with E-state index in [1.807, 2.05) is 0 Å². The van der Waals surface area contributed by atoms with Gasteiger partial charge in [-0.2, -0.15) is 0 Å². The predicted octanol–water partition coefficient (Wildman–Crippen LogP) is -4.75. The maximum Gasteiger partial charge on any atom is 3.00 e. The summed E-state index contributed by atoms with van der Waals surface area (Å²) in [6, 6.07) is 0. The molecule has 0 aromatic carbocycles. The van der Waals surface area contributed by atoms with Gasteiger partial charge >= 0.3 is 25.6 Å². The number of rotatable bonds is 0. The summed E-state index contributed by atoms with van der Waals surface area (Å²) in [5.41, 5.74) is 0. The van der Waals surface area contributed by atoms with Crippen LogP contribution < -0.4 is 15.3 Å². The van der Waals surface area contributed by atoms with Gasteiger partial charge in [-0.15, -0.1) is 0 Å². The Morgan fingerprint density at radius 3 is 0.824 bits per heavy atom. The molecule has 0 spiro atoms. The standard InChI is InChI=1S/3C2H4O2.Al.H3O3P/c3*1-2(3)4;;1-4(2)3/h3*1H3,(H,3,4);;4H,(H2,1,2,3)/q;;;+3;/p-3. The molecule has 0 bridgehead atoms. The average molecular weight is 286 g/mol. The van der Waals surface area contributed by atoms with Crippen molar-refractivity contribution < 1.29 is 44.1 Å². The van der Waals surface area contributed by atoms with Crippen molar-refractivity contribution in [2.45, 2.75) is 20.8 Å². The van der Waals surface area contributed by atoms with Gasteiger partial charge in [0.05, 0.1) is 0 Å². The van der Waals surface area contributed by atoms with E-state index in [4.69, 9.17) is 44.1 Å². The molecule has 0 aliphatic carbocycles. The summed E-state index contributed by atoms with van der Waals surface area (Å²) in [5.74, 6) is -3.25. The summed E-state index contributed by atoms with van der Waals surface area (Å²) in [4.78, 5) is 41.0. The Labute approximate surface area is 109 Å². The van der Waals surface area contributed by atoms with E-state index >= 15 is 0 Å². The molecule has 0 radical (unpaired) electrons. The molecule has 0 aromatic rings. The van der Waals surface area contributed by atoms with Gasteiger partial charge in [-0.05, 0) is 20.8 Å². The van der Waals surface area contributed by atoms with Crippen LogP contribution in [-0.4, -0.2) is 45.1 Å². The molecule has 0 amide bonds. The van der Waals surface area contributed by atoms with Gasteiger partial charge in [0, 0.05) is 17.9 Å². The van der Waals surface area contributed by atoms with Crippen LogP contribution in [0.4, 0.5) is 0 Å². The summed E-state index contributed by atoms with van der Waals surface area (Å²) in [6.45, 7) is 2.92. The first-order valence-electron chi connectivity index (χ1n) is 3.38. The molecule has 98 valence electrons. The van der Waals surface area contributed by atoms with Gasteiger partial charge in [-0.25, -0.2) is 0 Å². The van der Waals surface area contributed by atoms with Crippen LogP contribution >= 0.6 is 8.25 Å². The second-order valence-corrected chi connectivity index (χ2v) is 2.32. The van der Waals surface area contributed by atoms with Crippen LogP contribution in [0.3, 0.4) is 0 Å². The first-order chi connectivity index (χ1) is 6.93. The largest absolute Gasteiger partial charge is 3.00 e. The molecule has 0 heterocycles. The Hall–Kier alpha value is -0.908. The minimum absolute atomic E-state index is 0. The Morgan fingerprint density at radius 2 is 0.824 bits per heavy atom. The van der Waals surface area contributed by atoms with E-state index in [1.165, 1.54) is 0 Å². The molecule has 0 aliphatic heterocycles. The SMILES string of the molecule is CC(=O)[O-].CC(=O)[O-].CC(=O)[O-].O=[PH](O)O.[Al+3]. The monoisotopic (exact) mass is 286 g/mol. The van der Waals surface area contributed by atoms with Crippen molar-refractivity contribution >= 4 is 43.5 Å². The Morgan fingerprint density at radius 1 is 0.824 bits per heavy atom. The third-order valence-electron chi connectivity index (χ3n) is 0. The van der Waals surface area contributed by atoms with Crippen LogP contribution in [0.15, 0.2) is 0 Å². The van der Waals surface area contributed by atoms with E-state index in [-0.39, 0.29) is 17.4 Å². The zero-order valence-electron chi connectivity index (χ0n) is 9.33. The van der Waals surface area contributed by atoms with Crippen LogP contribution in [0.25, 0.3) is 0 Å². The van der Waals surface area contributed by atoms with Gasteiger partial charge in [0.2, 0.25) is 0 Å².